The third kappa shape index (κ3) is 14.0. The summed E-state index contributed by atoms with van der Waals surface area (Å²) in [6.45, 7) is 0. The summed E-state index contributed by atoms with van der Waals surface area (Å²) in [4.78, 5) is 7.55. The van der Waals surface area contributed by atoms with Gasteiger partial charge in [0.2, 0.25) is 0 Å². The molecule has 0 radical (unpaired) electrons. The molecule has 652 valence electrons. The fourth-order valence-electron chi connectivity index (χ4n) is 38.1. The van der Waals surface area contributed by atoms with Crippen LogP contribution < -0.4 is 14.7 Å². The molecule has 0 spiro atoms. The highest BCUT2D eigenvalue weighted by atomic mass is 15.2. The number of hydrogen-bond donors (Lipinski definition) is 0. The van der Waals surface area contributed by atoms with Crippen molar-refractivity contribution in [2.45, 2.75) is 302 Å². The molecule has 0 saturated heterocycles. The Morgan fingerprint density at radius 1 is 0.165 bits per heavy atom. The van der Waals surface area contributed by atoms with Crippen molar-refractivity contribution in [3.63, 3.8) is 0 Å². The molecule has 25 aliphatic rings. The van der Waals surface area contributed by atoms with Gasteiger partial charge >= 0.3 is 0 Å². The zero-order valence-electron chi connectivity index (χ0n) is 76.4. The van der Waals surface area contributed by atoms with Gasteiger partial charge in [-0.3, -0.25) is 0 Å². The van der Waals surface area contributed by atoms with Crippen LogP contribution in [-0.2, 0) is 32.5 Å². The van der Waals surface area contributed by atoms with Crippen LogP contribution in [-0.4, -0.2) is 0 Å². The Hall–Kier alpha value is -8.14. The van der Waals surface area contributed by atoms with E-state index in [0.29, 0.717) is 32.5 Å². The summed E-state index contributed by atoms with van der Waals surface area (Å²) in [6, 6.07) is 96.1. The minimum atomic E-state index is 0.445. The number of benzene rings is 10. The number of nitrogens with zero attached hydrogens (tertiary/aromatic N) is 3. The van der Waals surface area contributed by atoms with Gasteiger partial charge < -0.3 is 14.7 Å². The lowest BCUT2D eigenvalue weighted by atomic mass is 9.48. The molecule has 25 aliphatic carbocycles. The van der Waals surface area contributed by atoms with E-state index in [1.165, 1.54) is 325 Å². The maximum absolute atomic E-state index is 2.55. The van der Waals surface area contributed by atoms with Crippen LogP contribution in [0.5, 0.6) is 0 Å². The molecule has 3 nitrogen and oxygen atoms in total. The van der Waals surface area contributed by atoms with Gasteiger partial charge in [0.1, 0.15) is 0 Å². The fourth-order valence-corrected chi connectivity index (χ4v) is 38.1. The van der Waals surface area contributed by atoms with Crippen molar-refractivity contribution in [2.24, 2.45) is 107 Å². The molecule has 10 aromatic rings. The molecule has 3 heteroatoms. The maximum Gasteiger partial charge on any atom is 0.0468 e. The molecular weight excluding hydrogens is 1530 g/mol. The summed E-state index contributed by atoms with van der Waals surface area (Å²) in [5, 5.41) is 2.61. The standard InChI is InChI=1S/C44H53N.C42H45N.C38H43N/c1-2-4-36(5-3-1)37-6-12-40(13-7-37)45(41-14-8-38(9-15-41)43-24-30-18-31(25-43)20-32(19-30)26-43)42-16-10-39(11-17-42)44-27-33-21-34(28-44)23-35(22-33)29-44;1-2-4-35-21-40(10-5-34(35)3-1)43(38-11-6-36(7-12-38)41-22-28-15-29(23-41)17-30(16-28)24-41)39-13-8-37(9-14-39)42-25-31-18-32(26-42)20-33(19-31)27-42;1-2-4-34(5-3-1)39(35-10-6-32(7-11-35)37-20-26-14-27(21-37)16-28(15-26)22-37)36-12-8-33(9-13-36)38-23-29-17-30(24-38)19-31(18-29)25-38/h6-17,30-36H,1-5,18-29H2;1-14,21,28-33H,15-20,22-27H2;1-13,26-31H,14-25H2. The summed E-state index contributed by atoms with van der Waals surface area (Å²) < 4.78 is 0. The first kappa shape index (κ1) is 78.7. The fraction of sp³-hybridized carbons (Fsp3) is 0.532. The lowest BCUT2D eigenvalue weighted by molar-refractivity contribution is -0.00531. The molecule has 0 amide bonds. The second kappa shape index (κ2) is 30.7. The molecule has 0 N–H and O–H groups in total. The largest absolute Gasteiger partial charge is 0.311 e. The van der Waals surface area contributed by atoms with E-state index in [2.05, 4.69) is 257 Å². The Labute approximate surface area is 761 Å². The van der Waals surface area contributed by atoms with E-state index >= 15 is 0 Å². The third-order valence-corrected chi connectivity index (χ3v) is 40.9. The number of anilines is 9. The highest BCUT2D eigenvalue weighted by Crippen LogP contribution is 2.68. The number of fused-ring (bicyclic) bond motifs is 1. The molecule has 0 aliphatic heterocycles. The summed E-state index contributed by atoms with van der Waals surface area (Å²) in [6.07, 6.45) is 60.0. The van der Waals surface area contributed by atoms with E-state index in [9.17, 15) is 0 Å². The predicted molar refractivity (Wildman–Crippen MR) is 526 cm³/mol. The van der Waals surface area contributed by atoms with Crippen molar-refractivity contribution in [1.29, 1.82) is 0 Å². The zero-order valence-corrected chi connectivity index (χ0v) is 76.4. The van der Waals surface area contributed by atoms with E-state index in [-0.39, 0.29) is 0 Å². The van der Waals surface area contributed by atoms with Crippen LogP contribution >= 0.6 is 0 Å². The SMILES string of the molecule is c1cc(N(c2ccc(C34CC5CC(CC(C5)C3)C4)cc2)c2ccc(C34CC5CC(CC(C5)C3)C4)cc2)ccc1C1CCCCC1.c1ccc(N(c2ccc(C34CC5CC(CC(C5)C3)C4)cc2)c2ccc(C34CC5CC(CC(C5)C3)C4)cc2)cc1.c1ccc2cc(N(c3ccc(C45CC6CC(CC(C6)C4)C5)cc3)c3ccc(C45CC6CC(CC(C6)C4)C5)cc3)ccc2c1. The smallest absolute Gasteiger partial charge is 0.0468 e. The number of para-hydroxylation sites is 1. The van der Waals surface area contributed by atoms with E-state index in [1.54, 1.807) is 38.9 Å². The van der Waals surface area contributed by atoms with Crippen LogP contribution in [0.3, 0.4) is 0 Å². The van der Waals surface area contributed by atoms with Gasteiger partial charge in [-0.25, -0.2) is 0 Å². The van der Waals surface area contributed by atoms with Crippen molar-refractivity contribution < 1.29 is 0 Å². The Kier molecular flexibility index (Phi) is 19.0. The lowest BCUT2D eigenvalue weighted by Gasteiger charge is -2.57. The summed E-state index contributed by atoms with van der Waals surface area (Å²) in [5.41, 5.74) is 25.6. The second-order valence-corrected chi connectivity index (χ2v) is 49.3. The number of rotatable bonds is 16. The minimum absolute atomic E-state index is 0.445. The summed E-state index contributed by atoms with van der Waals surface area (Å²) >= 11 is 0. The van der Waals surface area contributed by atoms with Crippen LogP contribution in [0.25, 0.3) is 10.8 Å². The van der Waals surface area contributed by atoms with E-state index < -0.39 is 0 Å². The van der Waals surface area contributed by atoms with Crippen LogP contribution in [0, 0.1) is 107 Å². The van der Waals surface area contributed by atoms with Crippen molar-refractivity contribution >= 4 is 62.0 Å². The molecule has 0 atom stereocenters. The molecule has 25 saturated carbocycles. The van der Waals surface area contributed by atoms with Gasteiger partial charge in [0.05, 0.1) is 0 Å². The van der Waals surface area contributed by atoms with Gasteiger partial charge in [0.25, 0.3) is 0 Å². The van der Waals surface area contributed by atoms with Gasteiger partial charge in [-0.15, -0.1) is 0 Å². The Bertz CT molecular complexity index is 5190. The van der Waals surface area contributed by atoms with Crippen molar-refractivity contribution in [3.05, 3.63) is 282 Å². The summed E-state index contributed by atoms with van der Waals surface area (Å²) in [5.74, 6) is 18.5. The Balaban J connectivity index is 0.0000000990. The molecule has 0 heterocycles. The molecule has 127 heavy (non-hydrogen) atoms. The first-order chi connectivity index (χ1) is 62.3. The first-order valence-corrected chi connectivity index (χ1v) is 53.0. The molecule has 10 aromatic carbocycles. The third-order valence-electron chi connectivity index (χ3n) is 40.9. The van der Waals surface area contributed by atoms with Crippen LogP contribution in [0.2, 0.25) is 0 Å². The maximum atomic E-state index is 2.55. The molecular formula is C124H141N3. The zero-order chi connectivity index (χ0) is 83.4. The average Bonchev–Trinajstić information content (AvgIpc) is 0.749. The van der Waals surface area contributed by atoms with Gasteiger partial charge in [-0.2, -0.15) is 0 Å². The number of hydrogen-bond acceptors (Lipinski definition) is 3. The van der Waals surface area contributed by atoms with Crippen molar-refractivity contribution in [1.82, 2.24) is 0 Å². The summed E-state index contributed by atoms with van der Waals surface area (Å²) in [7, 11) is 0. The molecule has 24 bridgehead atoms. The quantitative estimate of drug-likeness (QED) is 0.0955. The van der Waals surface area contributed by atoms with Gasteiger partial charge in [0.15, 0.2) is 0 Å². The van der Waals surface area contributed by atoms with Crippen LogP contribution in [0.4, 0.5) is 51.2 Å². The van der Waals surface area contributed by atoms with Gasteiger partial charge in [-0.05, 0) is 548 Å². The van der Waals surface area contributed by atoms with E-state index in [1.807, 2.05) is 0 Å². The van der Waals surface area contributed by atoms with Crippen LogP contribution in [0.1, 0.15) is 308 Å². The minimum Gasteiger partial charge on any atom is -0.311 e. The van der Waals surface area contributed by atoms with Gasteiger partial charge in [0, 0.05) is 51.2 Å². The first-order valence-electron chi connectivity index (χ1n) is 53.0. The highest BCUT2D eigenvalue weighted by Gasteiger charge is 2.58. The molecule has 0 unspecified atom stereocenters. The Morgan fingerprint density at radius 2 is 0.354 bits per heavy atom. The van der Waals surface area contributed by atoms with Crippen molar-refractivity contribution in [3.8, 4) is 0 Å². The lowest BCUT2D eigenvalue weighted by Crippen LogP contribution is -2.48. The topological polar surface area (TPSA) is 9.72 Å². The van der Waals surface area contributed by atoms with Crippen molar-refractivity contribution in [2.75, 3.05) is 14.7 Å². The van der Waals surface area contributed by atoms with Crippen LogP contribution in [0.15, 0.2) is 243 Å². The highest BCUT2D eigenvalue weighted by molar-refractivity contribution is 5.89. The molecule has 0 aromatic heterocycles. The van der Waals surface area contributed by atoms with E-state index in [0.717, 1.165) is 112 Å². The average molecular weight is 1670 g/mol. The Morgan fingerprint density at radius 3 is 0.591 bits per heavy atom. The second-order valence-electron chi connectivity index (χ2n) is 49.3. The predicted octanol–water partition coefficient (Wildman–Crippen LogP) is 33.5. The van der Waals surface area contributed by atoms with Gasteiger partial charge in [-0.1, -0.05) is 153 Å². The normalized spacial score (nSPS) is 38.0. The van der Waals surface area contributed by atoms with E-state index in [4.69, 9.17) is 0 Å². The monoisotopic (exact) mass is 1670 g/mol. The molecule has 35 rings (SSSR count). The molecule has 25 fully saturated rings.